The van der Waals surface area contributed by atoms with Crippen LogP contribution in [-0.4, -0.2) is 9.97 Å². The number of aromatic nitrogens is 2. The lowest BCUT2D eigenvalue weighted by molar-refractivity contribution is 0.387. The van der Waals surface area contributed by atoms with Crippen molar-refractivity contribution in [2.45, 2.75) is 39.2 Å². The van der Waals surface area contributed by atoms with Crippen LogP contribution in [0.2, 0.25) is 0 Å². The molecule has 0 fully saturated rings. The van der Waals surface area contributed by atoms with Crippen LogP contribution in [0.1, 0.15) is 38.1 Å². The highest BCUT2D eigenvalue weighted by atomic mass is 15.0. The van der Waals surface area contributed by atoms with Gasteiger partial charge < -0.3 is 5.73 Å². The lowest BCUT2D eigenvalue weighted by atomic mass is 9.93. The normalized spacial score (nSPS) is 11.6. The SMILES string of the molecule is CCC(N)(CC)c1ncc(-c2cccc(C)c2)cn1. The molecule has 0 atom stereocenters. The minimum Gasteiger partial charge on any atom is -0.319 e. The third-order valence-electron chi connectivity index (χ3n) is 3.71. The highest BCUT2D eigenvalue weighted by Crippen LogP contribution is 2.24. The van der Waals surface area contributed by atoms with E-state index in [9.17, 15) is 0 Å². The van der Waals surface area contributed by atoms with Crippen LogP contribution in [0.15, 0.2) is 36.7 Å². The summed E-state index contributed by atoms with van der Waals surface area (Å²) in [5.74, 6) is 0.730. The first-order valence-corrected chi connectivity index (χ1v) is 6.77. The predicted octanol–water partition coefficient (Wildman–Crippen LogP) is 3.43. The van der Waals surface area contributed by atoms with E-state index in [4.69, 9.17) is 5.73 Å². The van der Waals surface area contributed by atoms with Crippen LogP contribution in [0, 0.1) is 6.92 Å². The third kappa shape index (κ3) is 2.82. The van der Waals surface area contributed by atoms with E-state index in [1.54, 1.807) is 0 Å². The van der Waals surface area contributed by atoms with Gasteiger partial charge in [0, 0.05) is 18.0 Å². The van der Waals surface area contributed by atoms with Gasteiger partial charge in [-0.3, -0.25) is 0 Å². The van der Waals surface area contributed by atoms with E-state index in [1.165, 1.54) is 5.56 Å². The van der Waals surface area contributed by atoms with E-state index in [2.05, 4.69) is 48.9 Å². The monoisotopic (exact) mass is 255 g/mol. The van der Waals surface area contributed by atoms with Gasteiger partial charge >= 0.3 is 0 Å². The van der Waals surface area contributed by atoms with Crippen LogP contribution in [-0.2, 0) is 5.54 Å². The summed E-state index contributed by atoms with van der Waals surface area (Å²) in [5.41, 5.74) is 9.30. The number of aryl methyl sites for hydroxylation is 1. The molecule has 0 aliphatic heterocycles. The summed E-state index contributed by atoms with van der Waals surface area (Å²) >= 11 is 0. The Morgan fingerprint density at radius 2 is 1.68 bits per heavy atom. The van der Waals surface area contributed by atoms with Gasteiger partial charge in [0.1, 0.15) is 5.82 Å². The Kier molecular flexibility index (Phi) is 3.96. The molecule has 0 unspecified atom stereocenters. The maximum Gasteiger partial charge on any atom is 0.148 e. The van der Waals surface area contributed by atoms with Gasteiger partial charge in [-0.25, -0.2) is 9.97 Å². The molecule has 3 heteroatoms. The number of nitrogens with zero attached hydrogens (tertiary/aromatic N) is 2. The van der Waals surface area contributed by atoms with Crippen molar-refractivity contribution >= 4 is 0 Å². The summed E-state index contributed by atoms with van der Waals surface area (Å²) in [7, 11) is 0. The Labute approximate surface area is 114 Å². The Hall–Kier alpha value is -1.74. The molecule has 0 spiro atoms. The summed E-state index contributed by atoms with van der Waals surface area (Å²) in [6.45, 7) is 6.22. The molecule has 1 aromatic carbocycles. The Bertz CT molecular complexity index is 542. The molecule has 1 heterocycles. The lowest BCUT2D eigenvalue weighted by Gasteiger charge is -2.24. The largest absolute Gasteiger partial charge is 0.319 e. The van der Waals surface area contributed by atoms with Crippen molar-refractivity contribution in [3.8, 4) is 11.1 Å². The summed E-state index contributed by atoms with van der Waals surface area (Å²) in [6, 6.07) is 8.33. The average Bonchev–Trinajstić information content (AvgIpc) is 2.46. The van der Waals surface area contributed by atoms with Crippen LogP contribution in [0.3, 0.4) is 0 Å². The van der Waals surface area contributed by atoms with Gasteiger partial charge in [-0.1, -0.05) is 43.7 Å². The predicted molar refractivity (Wildman–Crippen MR) is 78.7 cm³/mol. The second-order valence-electron chi connectivity index (χ2n) is 5.03. The molecule has 2 aromatic rings. The number of rotatable bonds is 4. The molecule has 0 saturated carbocycles. The maximum atomic E-state index is 6.31. The minimum absolute atomic E-state index is 0.412. The van der Waals surface area contributed by atoms with Crippen LogP contribution >= 0.6 is 0 Å². The molecule has 0 saturated heterocycles. The second kappa shape index (κ2) is 5.49. The molecule has 0 bridgehead atoms. The molecule has 0 aliphatic rings. The molecule has 100 valence electrons. The van der Waals surface area contributed by atoms with E-state index in [0.29, 0.717) is 0 Å². The van der Waals surface area contributed by atoms with Crippen molar-refractivity contribution in [3.63, 3.8) is 0 Å². The fraction of sp³-hybridized carbons (Fsp3) is 0.375. The first kappa shape index (κ1) is 13.7. The Balaban J connectivity index is 2.33. The third-order valence-corrected chi connectivity index (χ3v) is 3.71. The number of nitrogens with two attached hydrogens (primary N) is 1. The zero-order valence-corrected chi connectivity index (χ0v) is 11.9. The van der Waals surface area contributed by atoms with E-state index in [0.717, 1.165) is 29.8 Å². The molecular weight excluding hydrogens is 234 g/mol. The Morgan fingerprint density at radius 1 is 1.05 bits per heavy atom. The standard InChI is InChI=1S/C16H21N3/c1-4-16(17,5-2)15-18-10-14(11-19-15)13-8-6-7-12(3)9-13/h6-11H,4-5,17H2,1-3H3. The lowest BCUT2D eigenvalue weighted by Crippen LogP contribution is -2.37. The van der Waals surface area contributed by atoms with Gasteiger partial charge in [0.15, 0.2) is 0 Å². The van der Waals surface area contributed by atoms with Gasteiger partial charge in [0.2, 0.25) is 0 Å². The second-order valence-corrected chi connectivity index (χ2v) is 5.03. The first-order valence-electron chi connectivity index (χ1n) is 6.77. The number of benzene rings is 1. The molecule has 19 heavy (non-hydrogen) atoms. The van der Waals surface area contributed by atoms with E-state index < -0.39 is 5.54 Å². The minimum atomic E-state index is -0.412. The Morgan fingerprint density at radius 3 is 2.21 bits per heavy atom. The van der Waals surface area contributed by atoms with E-state index in [1.807, 2.05) is 18.5 Å². The fourth-order valence-electron chi connectivity index (χ4n) is 2.13. The summed E-state index contributed by atoms with van der Waals surface area (Å²) < 4.78 is 0. The topological polar surface area (TPSA) is 51.8 Å². The smallest absolute Gasteiger partial charge is 0.148 e. The molecule has 0 radical (unpaired) electrons. The van der Waals surface area contributed by atoms with E-state index in [-0.39, 0.29) is 0 Å². The quantitative estimate of drug-likeness (QED) is 0.910. The average molecular weight is 255 g/mol. The molecular formula is C16H21N3. The molecule has 2 N–H and O–H groups in total. The summed E-state index contributed by atoms with van der Waals surface area (Å²) in [6.07, 6.45) is 5.41. The highest BCUT2D eigenvalue weighted by Gasteiger charge is 2.25. The van der Waals surface area contributed by atoms with Crippen LogP contribution < -0.4 is 5.73 Å². The molecule has 0 amide bonds. The highest BCUT2D eigenvalue weighted by molar-refractivity contribution is 5.62. The fourth-order valence-corrected chi connectivity index (χ4v) is 2.13. The first-order chi connectivity index (χ1) is 9.09. The zero-order chi connectivity index (χ0) is 13.9. The molecule has 0 aliphatic carbocycles. The van der Waals surface area contributed by atoms with Gasteiger partial charge in [-0.15, -0.1) is 0 Å². The number of hydrogen-bond donors (Lipinski definition) is 1. The van der Waals surface area contributed by atoms with Crippen LogP contribution in [0.25, 0.3) is 11.1 Å². The molecule has 1 aromatic heterocycles. The van der Waals surface area contributed by atoms with Crippen molar-refractivity contribution in [2.75, 3.05) is 0 Å². The summed E-state index contributed by atoms with van der Waals surface area (Å²) in [4.78, 5) is 8.92. The zero-order valence-electron chi connectivity index (χ0n) is 11.9. The van der Waals surface area contributed by atoms with Crippen molar-refractivity contribution in [1.29, 1.82) is 0 Å². The van der Waals surface area contributed by atoms with Crippen molar-refractivity contribution < 1.29 is 0 Å². The van der Waals surface area contributed by atoms with Crippen molar-refractivity contribution in [1.82, 2.24) is 9.97 Å². The number of hydrogen-bond acceptors (Lipinski definition) is 3. The maximum absolute atomic E-state index is 6.31. The molecule has 3 nitrogen and oxygen atoms in total. The van der Waals surface area contributed by atoms with Crippen LogP contribution in [0.5, 0.6) is 0 Å². The van der Waals surface area contributed by atoms with Crippen molar-refractivity contribution in [3.05, 3.63) is 48.0 Å². The van der Waals surface area contributed by atoms with Crippen molar-refractivity contribution in [2.24, 2.45) is 5.73 Å². The van der Waals surface area contributed by atoms with Gasteiger partial charge in [-0.2, -0.15) is 0 Å². The van der Waals surface area contributed by atoms with Gasteiger partial charge in [0.25, 0.3) is 0 Å². The van der Waals surface area contributed by atoms with Gasteiger partial charge in [-0.05, 0) is 25.3 Å². The van der Waals surface area contributed by atoms with E-state index >= 15 is 0 Å². The molecule has 2 rings (SSSR count). The summed E-state index contributed by atoms with van der Waals surface area (Å²) in [5, 5.41) is 0. The van der Waals surface area contributed by atoms with Crippen LogP contribution in [0.4, 0.5) is 0 Å². The van der Waals surface area contributed by atoms with Gasteiger partial charge in [0.05, 0.1) is 5.54 Å².